The van der Waals surface area contributed by atoms with Crippen LogP contribution >= 0.6 is 11.3 Å². The molecule has 2 N–H and O–H groups in total. The normalized spacial score (nSPS) is 15.7. The van der Waals surface area contributed by atoms with E-state index < -0.39 is 11.5 Å². The largest absolute Gasteiger partial charge is 0.480 e. The summed E-state index contributed by atoms with van der Waals surface area (Å²) in [5, 5.41) is 14.6. The number of carbonyl (C=O) groups is 2. The van der Waals surface area contributed by atoms with Crippen LogP contribution in [0.2, 0.25) is 0 Å². The van der Waals surface area contributed by atoms with E-state index in [1.54, 1.807) is 0 Å². The first-order valence-electron chi connectivity index (χ1n) is 7.54. The van der Waals surface area contributed by atoms with Gasteiger partial charge in [0, 0.05) is 10.9 Å². The fourth-order valence-electron chi connectivity index (χ4n) is 2.62. The molecule has 1 aliphatic rings. The third-order valence-electron chi connectivity index (χ3n) is 4.19. The lowest BCUT2D eigenvalue weighted by molar-refractivity contribution is -0.151. The van der Waals surface area contributed by atoms with Crippen molar-refractivity contribution in [3.8, 4) is 10.6 Å². The van der Waals surface area contributed by atoms with E-state index in [0.717, 1.165) is 17.0 Å². The Morgan fingerprint density at radius 1 is 1.30 bits per heavy atom. The van der Waals surface area contributed by atoms with E-state index in [9.17, 15) is 14.7 Å². The minimum atomic E-state index is -1.06. The zero-order valence-electron chi connectivity index (χ0n) is 12.8. The number of nitrogens with zero attached hydrogens (tertiary/aromatic N) is 1. The molecular weight excluding hydrogens is 312 g/mol. The SMILES string of the molecule is Cc1ccc(-c2nc(CC(=O)NC3(C(=O)O)CCC3)cs2)cc1. The first-order chi connectivity index (χ1) is 11.0. The van der Waals surface area contributed by atoms with Crippen LogP contribution in [0.4, 0.5) is 0 Å². The Hall–Kier alpha value is -2.21. The first kappa shape index (κ1) is 15.7. The molecule has 0 spiro atoms. The monoisotopic (exact) mass is 330 g/mol. The van der Waals surface area contributed by atoms with Gasteiger partial charge in [0.1, 0.15) is 10.5 Å². The van der Waals surface area contributed by atoms with Crippen LogP contribution in [-0.2, 0) is 16.0 Å². The van der Waals surface area contributed by atoms with Crippen molar-refractivity contribution in [3.63, 3.8) is 0 Å². The molecule has 1 amide bonds. The van der Waals surface area contributed by atoms with Crippen LogP contribution in [0.25, 0.3) is 10.6 Å². The van der Waals surface area contributed by atoms with E-state index in [2.05, 4.69) is 10.3 Å². The van der Waals surface area contributed by atoms with Crippen molar-refractivity contribution in [2.45, 2.75) is 38.1 Å². The molecule has 1 aliphatic carbocycles. The third kappa shape index (κ3) is 3.27. The third-order valence-corrected chi connectivity index (χ3v) is 5.13. The summed E-state index contributed by atoms with van der Waals surface area (Å²) in [5.41, 5.74) is 1.81. The Labute approximate surface area is 138 Å². The van der Waals surface area contributed by atoms with E-state index in [1.807, 2.05) is 36.6 Å². The predicted octanol–water partition coefficient (Wildman–Crippen LogP) is 2.78. The quantitative estimate of drug-likeness (QED) is 0.883. The highest BCUT2D eigenvalue weighted by Gasteiger charge is 2.45. The highest BCUT2D eigenvalue weighted by Crippen LogP contribution is 2.32. The second kappa shape index (κ2) is 6.12. The van der Waals surface area contributed by atoms with E-state index in [-0.39, 0.29) is 12.3 Å². The average Bonchev–Trinajstić information content (AvgIpc) is 2.91. The number of hydrogen-bond acceptors (Lipinski definition) is 4. The Morgan fingerprint density at radius 3 is 2.57 bits per heavy atom. The lowest BCUT2D eigenvalue weighted by atomic mass is 9.76. The lowest BCUT2D eigenvalue weighted by Crippen LogP contribution is -2.59. The average molecular weight is 330 g/mol. The highest BCUT2D eigenvalue weighted by atomic mass is 32.1. The Kier molecular flexibility index (Phi) is 4.17. The molecule has 2 aromatic rings. The molecule has 0 unspecified atom stereocenters. The standard InChI is InChI=1S/C17H18N2O3S/c1-11-3-5-12(6-4-11)15-18-13(10-23-15)9-14(20)19-17(16(21)22)7-2-8-17/h3-6,10H,2,7-9H2,1H3,(H,19,20)(H,21,22). The number of thiazole rings is 1. The summed E-state index contributed by atoms with van der Waals surface area (Å²) in [6.45, 7) is 2.03. The molecule has 1 heterocycles. The van der Waals surface area contributed by atoms with Gasteiger partial charge in [0.2, 0.25) is 5.91 Å². The molecule has 5 nitrogen and oxygen atoms in total. The fraction of sp³-hybridized carbons (Fsp3) is 0.353. The van der Waals surface area contributed by atoms with Gasteiger partial charge in [-0.05, 0) is 26.2 Å². The van der Waals surface area contributed by atoms with Crippen LogP contribution in [0.1, 0.15) is 30.5 Å². The lowest BCUT2D eigenvalue weighted by Gasteiger charge is -2.38. The van der Waals surface area contributed by atoms with Crippen molar-refractivity contribution >= 4 is 23.2 Å². The minimum Gasteiger partial charge on any atom is -0.480 e. The number of rotatable bonds is 5. The van der Waals surface area contributed by atoms with Gasteiger partial charge < -0.3 is 10.4 Å². The van der Waals surface area contributed by atoms with Crippen LogP contribution in [-0.4, -0.2) is 27.5 Å². The van der Waals surface area contributed by atoms with E-state index >= 15 is 0 Å². The zero-order chi connectivity index (χ0) is 16.4. The number of nitrogens with one attached hydrogen (secondary N) is 1. The zero-order valence-corrected chi connectivity index (χ0v) is 13.7. The predicted molar refractivity (Wildman–Crippen MR) is 88.4 cm³/mol. The summed E-state index contributed by atoms with van der Waals surface area (Å²) in [6, 6.07) is 8.06. The van der Waals surface area contributed by atoms with Gasteiger partial charge in [-0.2, -0.15) is 0 Å². The van der Waals surface area contributed by atoms with Crippen molar-refractivity contribution in [1.82, 2.24) is 10.3 Å². The molecule has 1 saturated carbocycles. The molecule has 120 valence electrons. The molecule has 1 aromatic heterocycles. The number of benzene rings is 1. The number of carbonyl (C=O) groups excluding carboxylic acids is 1. The van der Waals surface area contributed by atoms with Crippen LogP contribution in [0.15, 0.2) is 29.6 Å². The summed E-state index contributed by atoms with van der Waals surface area (Å²) in [4.78, 5) is 27.9. The van der Waals surface area contributed by atoms with Gasteiger partial charge in [-0.15, -0.1) is 11.3 Å². The van der Waals surface area contributed by atoms with Gasteiger partial charge in [0.25, 0.3) is 0 Å². The number of aryl methyl sites for hydroxylation is 1. The molecule has 0 saturated heterocycles. The number of hydrogen-bond donors (Lipinski definition) is 2. The van der Waals surface area contributed by atoms with Crippen LogP contribution < -0.4 is 5.32 Å². The van der Waals surface area contributed by atoms with E-state index in [4.69, 9.17) is 0 Å². The summed E-state index contributed by atoms with van der Waals surface area (Å²) < 4.78 is 0. The molecule has 1 fully saturated rings. The minimum absolute atomic E-state index is 0.109. The first-order valence-corrected chi connectivity index (χ1v) is 8.42. The topological polar surface area (TPSA) is 79.3 Å². The van der Waals surface area contributed by atoms with Crippen LogP contribution in [0.5, 0.6) is 0 Å². The smallest absolute Gasteiger partial charge is 0.329 e. The molecule has 1 aromatic carbocycles. The van der Waals surface area contributed by atoms with Gasteiger partial charge in [-0.25, -0.2) is 9.78 Å². The summed E-state index contributed by atoms with van der Waals surface area (Å²) >= 11 is 1.49. The van der Waals surface area contributed by atoms with Crippen LogP contribution in [0, 0.1) is 6.92 Å². The number of aliphatic carboxylic acids is 1. The molecule has 0 radical (unpaired) electrons. The molecule has 23 heavy (non-hydrogen) atoms. The molecule has 0 bridgehead atoms. The number of carboxylic acids is 1. The highest BCUT2D eigenvalue weighted by molar-refractivity contribution is 7.13. The van der Waals surface area contributed by atoms with Crippen molar-refractivity contribution in [2.75, 3.05) is 0 Å². The van der Waals surface area contributed by atoms with Crippen molar-refractivity contribution in [3.05, 3.63) is 40.9 Å². The van der Waals surface area contributed by atoms with Gasteiger partial charge in [0.05, 0.1) is 12.1 Å². The van der Waals surface area contributed by atoms with Gasteiger partial charge >= 0.3 is 5.97 Å². The maximum Gasteiger partial charge on any atom is 0.329 e. The number of carboxylic acid groups (broad SMARTS) is 1. The second-order valence-corrected chi connectivity index (χ2v) is 6.83. The fourth-order valence-corrected chi connectivity index (χ4v) is 3.44. The van der Waals surface area contributed by atoms with Gasteiger partial charge in [0.15, 0.2) is 0 Å². The number of aromatic nitrogens is 1. The molecular formula is C17H18N2O3S. The summed E-state index contributed by atoms with van der Waals surface area (Å²) in [5.74, 6) is -1.23. The second-order valence-electron chi connectivity index (χ2n) is 5.98. The maximum atomic E-state index is 12.1. The molecule has 0 atom stereocenters. The van der Waals surface area contributed by atoms with Crippen LogP contribution in [0.3, 0.4) is 0 Å². The summed E-state index contributed by atoms with van der Waals surface area (Å²) in [6.07, 6.45) is 1.94. The number of amides is 1. The molecule has 6 heteroatoms. The maximum absolute atomic E-state index is 12.1. The van der Waals surface area contributed by atoms with Crippen molar-refractivity contribution < 1.29 is 14.7 Å². The summed E-state index contributed by atoms with van der Waals surface area (Å²) in [7, 11) is 0. The molecule has 0 aliphatic heterocycles. The van der Waals surface area contributed by atoms with Crippen molar-refractivity contribution in [1.29, 1.82) is 0 Å². The van der Waals surface area contributed by atoms with Gasteiger partial charge in [-0.1, -0.05) is 29.8 Å². The van der Waals surface area contributed by atoms with E-state index in [1.165, 1.54) is 16.9 Å². The van der Waals surface area contributed by atoms with Gasteiger partial charge in [-0.3, -0.25) is 4.79 Å². The Balaban J connectivity index is 1.66. The van der Waals surface area contributed by atoms with E-state index in [0.29, 0.717) is 18.5 Å². The Morgan fingerprint density at radius 2 is 2.00 bits per heavy atom. The Bertz CT molecular complexity index is 733. The molecule has 3 rings (SSSR count). The van der Waals surface area contributed by atoms with Crippen molar-refractivity contribution in [2.24, 2.45) is 0 Å².